The third kappa shape index (κ3) is 4.86. The van der Waals surface area contributed by atoms with E-state index in [0.717, 1.165) is 18.7 Å². The Morgan fingerprint density at radius 2 is 2.14 bits per heavy atom. The van der Waals surface area contributed by atoms with Crippen LogP contribution in [0.4, 0.5) is 0 Å². The second-order valence-corrected chi connectivity index (χ2v) is 4.21. The van der Waals surface area contributed by atoms with Gasteiger partial charge in [-0.05, 0) is 19.2 Å². The zero-order valence-electron chi connectivity index (χ0n) is 9.67. The maximum Gasteiger partial charge on any atom is 0.236 e. The minimum absolute atomic E-state index is 0.188. The van der Waals surface area contributed by atoms with Gasteiger partial charge in [-0.25, -0.2) is 0 Å². The second kappa shape index (κ2) is 8.12. The van der Waals surface area contributed by atoms with E-state index in [2.05, 4.69) is 18.5 Å². The fourth-order valence-electron chi connectivity index (χ4n) is 1.26. The number of nitrogens with zero attached hydrogens (tertiary/aromatic N) is 1. The normalized spacial score (nSPS) is 12.6. The van der Waals surface area contributed by atoms with Gasteiger partial charge in [-0.2, -0.15) is 11.8 Å². The summed E-state index contributed by atoms with van der Waals surface area (Å²) in [7, 11) is 1.89. The number of hydrogen-bond acceptors (Lipinski definition) is 3. The van der Waals surface area contributed by atoms with Crippen LogP contribution in [-0.4, -0.2) is 49.0 Å². The van der Waals surface area contributed by atoms with Crippen molar-refractivity contribution in [3.8, 4) is 0 Å². The Morgan fingerprint density at radius 3 is 2.57 bits per heavy atom. The molecule has 1 amide bonds. The van der Waals surface area contributed by atoms with E-state index in [-0.39, 0.29) is 5.91 Å². The lowest BCUT2D eigenvalue weighted by atomic mass is 10.2. The van der Waals surface area contributed by atoms with E-state index < -0.39 is 0 Å². The van der Waals surface area contributed by atoms with Crippen LogP contribution < -0.4 is 5.32 Å². The fourth-order valence-corrected chi connectivity index (χ4v) is 2.10. The van der Waals surface area contributed by atoms with Crippen molar-refractivity contribution in [3.63, 3.8) is 0 Å². The van der Waals surface area contributed by atoms with E-state index in [0.29, 0.717) is 12.6 Å². The lowest BCUT2D eigenvalue weighted by Crippen LogP contribution is -2.42. The van der Waals surface area contributed by atoms with E-state index >= 15 is 0 Å². The summed E-state index contributed by atoms with van der Waals surface area (Å²) >= 11 is 1.79. The number of amides is 1. The van der Waals surface area contributed by atoms with Crippen molar-refractivity contribution < 1.29 is 4.79 Å². The SMILES string of the molecule is CCNCC(=O)N(C)C(CC)CSC. The minimum atomic E-state index is 0.188. The molecule has 0 aromatic heterocycles. The van der Waals surface area contributed by atoms with Gasteiger partial charge in [0.1, 0.15) is 0 Å². The summed E-state index contributed by atoms with van der Waals surface area (Å²) < 4.78 is 0. The van der Waals surface area contributed by atoms with E-state index in [4.69, 9.17) is 0 Å². The van der Waals surface area contributed by atoms with Crippen LogP contribution in [0.25, 0.3) is 0 Å². The molecule has 0 heterocycles. The Hall–Kier alpha value is -0.220. The highest BCUT2D eigenvalue weighted by atomic mass is 32.2. The molecule has 1 unspecified atom stereocenters. The average molecular weight is 218 g/mol. The first-order valence-electron chi connectivity index (χ1n) is 5.12. The molecule has 0 aromatic rings. The first kappa shape index (κ1) is 13.8. The van der Waals surface area contributed by atoms with Gasteiger partial charge < -0.3 is 10.2 Å². The zero-order valence-corrected chi connectivity index (χ0v) is 10.5. The first-order valence-corrected chi connectivity index (χ1v) is 6.52. The maximum atomic E-state index is 11.6. The molecular formula is C10H22N2OS. The molecule has 0 radical (unpaired) electrons. The molecule has 0 fully saturated rings. The number of carbonyl (C=O) groups is 1. The van der Waals surface area contributed by atoms with Gasteiger partial charge in [-0.3, -0.25) is 4.79 Å². The van der Waals surface area contributed by atoms with Gasteiger partial charge in [0.25, 0.3) is 0 Å². The lowest BCUT2D eigenvalue weighted by molar-refractivity contribution is -0.130. The van der Waals surface area contributed by atoms with E-state index in [1.54, 1.807) is 11.8 Å². The summed E-state index contributed by atoms with van der Waals surface area (Å²) in [6.07, 6.45) is 3.10. The Morgan fingerprint density at radius 1 is 1.50 bits per heavy atom. The molecule has 0 aliphatic heterocycles. The Bertz CT molecular complexity index is 164. The monoisotopic (exact) mass is 218 g/mol. The molecule has 84 valence electrons. The summed E-state index contributed by atoms with van der Waals surface area (Å²) in [4.78, 5) is 13.5. The number of hydrogen-bond donors (Lipinski definition) is 1. The molecule has 1 N–H and O–H groups in total. The smallest absolute Gasteiger partial charge is 0.236 e. The number of rotatable bonds is 7. The number of likely N-dealkylation sites (N-methyl/N-ethyl adjacent to an activating group) is 2. The molecule has 0 aromatic carbocycles. The molecule has 0 aliphatic carbocycles. The summed E-state index contributed by atoms with van der Waals surface area (Å²) in [5, 5.41) is 3.05. The summed E-state index contributed by atoms with van der Waals surface area (Å²) in [6.45, 7) is 5.43. The first-order chi connectivity index (χ1) is 6.67. The van der Waals surface area contributed by atoms with Crippen LogP contribution in [-0.2, 0) is 4.79 Å². The van der Waals surface area contributed by atoms with Gasteiger partial charge in [0, 0.05) is 18.8 Å². The summed E-state index contributed by atoms with van der Waals surface area (Å²) in [5.41, 5.74) is 0. The molecule has 0 spiro atoms. The highest BCUT2D eigenvalue weighted by Crippen LogP contribution is 2.08. The Labute approximate surface area is 91.6 Å². The van der Waals surface area contributed by atoms with Crippen LogP contribution in [0, 0.1) is 0 Å². The predicted octanol–water partition coefficient (Wildman–Crippen LogP) is 1.20. The fraction of sp³-hybridized carbons (Fsp3) is 0.900. The predicted molar refractivity (Wildman–Crippen MR) is 63.8 cm³/mol. The molecule has 4 heteroatoms. The summed E-state index contributed by atoms with van der Waals surface area (Å²) in [6, 6.07) is 0.371. The third-order valence-corrected chi connectivity index (χ3v) is 3.02. The van der Waals surface area contributed by atoms with Gasteiger partial charge >= 0.3 is 0 Å². The van der Waals surface area contributed by atoms with Crippen molar-refractivity contribution in [3.05, 3.63) is 0 Å². The number of thioether (sulfide) groups is 1. The highest BCUT2D eigenvalue weighted by Gasteiger charge is 2.16. The van der Waals surface area contributed by atoms with Crippen molar-refractivity contribution in [1.29, 1.82) is 0 Å². The quantitative estimate of drug-likeness (QED) is 0.697. The van der Waals surface area contributed by atoms with Crippen LogP contribution in [0.1, 0.15) is 20.3 Å². The van der Waals surface area contributed by atoms with Gasteiger partial charge in [0.05, 0.1) is 6.54 Å². The second-order valence-electron chi connectivity index (χ2n) is 3.30. The molecule has 0 rings (SSSR count). The van der Waals surface area contributed by atoms with Crippen molar-refractivity contribution in [2.45, 2.75) is 26.3 Å². The topological polar surface area (TPSA) is 32.3 Å². The minimum Gasteiger partial charge on any atom is -0.341 e. The van der Waals surface area contributed by atoms with Crippen molar-refractivity contribution in [1.82, 2.24) is 10.2 Å². The third-order valence-electron chi connectivity index (χ3n) is 2.30. The van der Waals surface area contributed by atoms with Gasteiger partial charge in [0.15, 0.2) is 0 Å². The maximum absolute atomic E-state index is 11.6. The van der Waals surface area contributed by atoms with Crippen LogP contribution in [0.3, 0.4) is 0 Å². The van der Waals surface area contributed by atoms with Gasteiger partial charge in [-0.15, -0.1) is 0 Å². The number of nitrogens with one attached hydrogen (secondary N) is 1. The largest absolute Gasteiger partial charge is 0.341 e. The Kier molecular flexibility index (Phi) is 7.99. The van der Waals surface area contributed by atoms with Crippen LogP contribution in [0.15, 0.2) is 0 Å². The molecule has 14 heavy (non-hydrogen) atoms. The van der Waals surface area contributed by atoms with Gasteiger partial charge in [-0.1, -0.05) is 13.8 Å². The van der Waals surface area contributed by atoms with Crippen molar-refractivity contribution in [2.24, 2.45) is 0 Å². The standard InChI is InChI=1S/C10H22N2OS/c1-5-9(8-14-4)12(3)10(13)7-11-6-2/h9,11H,5-8H2,1-4H3. The van der Waals surface area contributed by atoms with E-state index in [1.165, 1.54) is 0 Å². The Balaban J connectivity index is 3.98. The van der Waals surface area contributed by atoms with Gasteiger partial charge in [0.2, 0.25) is 5.91 Å². The molecule has 3 nitrogen and oxygen atoms in total. The highest BCUT2D eigenvalue weighted by molar-refractivity contribution is 7.98. The van der Waals surface area contributed by atoms with E-state index in [9.17, 15) is 4.79 Å². The lowest BCUT2D eigenvalue weighted by Gasteiger charge is -2.26. The molecule has 0 bridgehead atoms. The number of carbonyl (C=O) groups excluding carboxylic acids is 1. The molecule has 0 saturated carbocycles. The molecule has 0 saturated heterocycles. The molecular weight excluding hydrogens is 196 g/mol. The molecule has 0 aliphatic rings. The van der Waals surface area contributed by atoms with Crippen LogP contribution in [0.5, 0.6) is 0 Å². The van der Waals surface area contributed by atoms with Crippen molar-refractivity contribution in [2.75, 3.05) is 32.1 Å². The zero-order chi connectivity index (χ0) is 11.0. The molecule has 1 atom stereocenters. The average Bonchev–Trinajstić information content (AvgIpc) is 2.21. The van der Waals surface area contributed by atoms with Crippen LogP contribution in [0.2, 0.25) is 0 Å². The van der Waals surface area contributed by atoms with E-state index in [1.807, 2.05) is 18.9 Å². The van der Waals surface area contributed by atoms with Crippen LogP contribution >= 0.6 is 11.8 Å². The van der Waals surface area contributed by atoms with Crippen molar-refractivity contribution >= 4 is 17.7 Å². The summed E-state index contributed by atoms with van der Waals surface area (Å²) in [5.74, 6) is 1.21.